The van der Waals surface area contributed by atoms with Gasteiger partial charge < -0.3 is 10.1 Å². The number of rotatable bonds is 7. The van der Waals surface area contributed by atoms with Gasteiger partial charge in [0.25, 0.3) is 11.5 Å². The summed E-state index contributed by atoms with van der Waals surface area (Å²) in [5.41, 5.74) is 0.664. The molecule has 0 unspecified atom stereocenters. The summed E-state index contributed by atoms with van der Waals surface area (Å²) < 4.78 is 6.68. The maximum atomic E-state index is 12.2. The predicted molar refractivity (Wildman–Crippen MR) is 89.0 cm³/mol. The molecule has 0 fully saturated rings. The molecule has 1 aromatic carbocycles. The second-order valence-electron chi connectivity index (χ2n) is 5.05. The SMILES string of the molecule is CCCCn1nc(C(=O)Nc2ccc(OCC)cc2)ccc1=O. The summed E-state index contributed by atoms with van der Waals surface area (Å²) in [5, 5.41) is 6.88. The van der Waals surface area contributed by atoms with Gasteiger partial charge in [-0.1, -0.05) is 13.3 Å². The number of carbonyl (C=O) groups excluding carboxylic acids is 1. The first-order valence-electron chi connectivity index (χ1n) is 7.76. The molecule has 0 aliphatic rings. The summed E-state index contributed by atoms with van der Waals surface area (Å²) in [5.74, 6) is 0.399. The molecule has 0 radical (unpaired) electrons. The largest absolute Gasteiger partial charge is 0.494 e. The van der Waals surface area contributed by atoms with Crippen LogP contribution in [-0.4, -0.2) is 22.3 Å². The van der Waals surface area contributed by atoms with Crippen molar-refractivity contribution in [1.29, 1.82) is 0 Å². The average Bonchev–Trinajstić information content (AvgIpc) is 2.56. The highest BCUT2D eigenvalue weighted by molar-refractivity contribution is 6.02. The van der Waals surface area contributed by atoms with Crippen LogP contribution < -0.4 is 15.6 Å². The van der Waals surface area contributed by atoms with Gasteiger partial charge in [-0.25, -0.2) is 4.68 Å². The molecule has 0 saturated heterocycles. The highest BCUT2D eigenvalue weighted by atomic mass is 16.5. The number of aryl methyl sites for hydroxylation is 1. The normalized spacial score (nSPS) is 10.3. The third kappa shape index (κ3) is 4.67. The molecule has 0 aliphatic heterocycles. The van der Waals surface area contributed by atoms with Gasteiger partial charge >= 0.3 is 0 Å². The minimum Gasteiger partial charge on any atom is -0.494 e. The van der Waals surface area contributed by atoms with Crippen molar-refractivity contribution in [2.45, 2.75) is 33.2 Å². The summed E-state index contributed by atoms with van der Waals surface area (Å²) in [7, 11) is 0. The Kier molecular flexibility index (Phi) is 5.91. The number of amides is 1. The fourth-order valence-corrected chi connectivity index (χ4v) is 2.03. The van der Waals surface area contributed by atoms with Crippen LogP contribution in [0.3, 0.4) is 0 Å². The van der Waals surface area contributed by atoms with Crippen LogP contribution in [0.15, 0.2) is 41.2 Å². The van der Waals surface area contributed by atoms with E-state index in [-0.39, 0.29) is 17.2 Å². The molecule has 1 N–H and O–H groups in total. The van der Waals surface area contributed by atoms with Gasteiger partial charge in [0.05, 0.1) is 6.61 Å². The molecule has 2 aromatic rings. The van der Waals surface area contributed by atoms with E-state index in [1.54, 1.807) is 24.3 Å². The maximum absolute atomic E-state index is 12.2. The summed E-state index contributed by atoms with van der Waals surface area (Å²) in [6, 6.07) is 9.90. The van der Waals surface area contributed by atoms with E-state index >= 15 is 0 Å². The lowest BCUT2D eigenvalue weighted by atomic mass is 10.3. The fraction of sp³-hybridized carbons (Fsp3) is 0.353. The monoisotopic (exact) mass is 315 g/mol. The second kappa shape index (κ2) is 8.12. The van der Waals surface area contributed by atoms with Crippen LogP contribution >= 0.6 is 0 Å². The molecule has 23 heavy (non-hydrogen) atoms. The minimum atomic E-state index is -0.348. The number of hydrogen-bond acceptors (Lipinski definition) is 4. The van der Waals surface area contributed by atoms with Crippen LogP contribution in [0, 0.1) is 0 Å². The lowest BCUT2D eigenvalue weighted by Gasteiger charge is -2.08. The van der Waals surface area contributed by atoms with E-state index in [0.717, 1.165) is 18.6 Å². The number of anilines is 1. The summed E-state index contributed by atoms with van der Waals surface area (Å²) in [6.45, 7) is 5.05. The molecule has 0 saturated carbocycles. The Morgan fingerprint density at radius 2 is 1.91 bits per heavy atom. The van der Waals surface area contributed by atoms with Crippen LogP contribution in [0.2, 0.25) is 0 Å². The Bertz CT molecular complexity index is 708. The van der Waals surface area contributed by atoms with E-state index in [1.165, 1.54) is 16.8 Å². The molecule has 122 valence electrons. The lowest BCUT2D eigenvalue weighted by molar-refractivity contribution is 0.101. The van der Waals surface area contributed by atoms with Crippen molar-refractivity contribution < 1.29 is 9.53 Å². The molecule has 1 aromatic heterocycles. The Labute approximate surface area is 135 Å². The van der Waals surface area contributed by atoms with Gasteiger partial charge in [-0.05, 0) is 43.7 Å². The second-order valence-corrected chi connectivity index (χ2v) is 5.05. The van der Waals surface area contributed by atoms with Crippen LogP contribution in [0.25, 0.3) is 0 Å². The number of benzene rings is 1. The van der Waals surface area contributed by atoms with Crippen LogP contribution in [0.1, 0.15) is 37.2 Å². The Balaban J connectivity index is 2.09. The smallest absolute Gasteiger partial charge is 0.276 e. The van der Waals surface area contributed by atoms with E-state index < -0.39 is 0 Å². The first kappa shape index (κ1) is 16.7. The molecule has 0 atom stereocenters. The van der Waals surface area contributed by atoms with Gasteiger partial charge in [0, 0.05) is 18.3 Å². The van der Waals surface area contributed by atoms with E-state index in [4.69, 9.17) is 4.74 Å². The van der Waals surface area contributed by atoms with Crippen molar-refractivity contribution in [1.82, 2.24) is 9.78 Å². The molecule has 0 spiro atoms. The molecular formula is C17H21N3O3. The highest BCUT2D eigenvalue weighted by Crippen LogP contribution is 2.16. The zero-order valence-electron chi connectivity index (χ0n) is 13.4. The Morgan fingerprint density at radius 3 is 2.57 bits per heavy atom. The highest BCUT2D eigenvalue weighted by Gasteiger charge is 2.10. The number of aromatic nitrogens is 2. The first-order chi connectivity index (χ1) is 11.1. The fourth-order valence-electron chi connectivity index (χ4n) is 2.03. The van der Waals surface area contributed by atoms with Gasteiger partial charge in [0.2, 0.25) is 0 Å². The summed E-state index contributed by atoms with van der Waals surface area (Å²) in [4.78, 5) is 24.0. The maximum Gasteiger partial charge on any atom is 0.276 e. The van der Waals surface area contributed by atoms with E-state index in [9.17, 15) is 9.59 Å². The number of nitrogens with one attached hydrogen (secondary N) is 1. The topological polar surface area (TPSA) is 73.2 Å². The number of carbonyl (C=O) groups is 1. The van der Waals surface area contributed by atoms with Crippen LogP contribution in [-0.2, 0) is 6.54 Å². The summed E-state index contributed by atoms with van der Waals surface area (Å²) in [6.07, 6.45) is 1.80. The Hall–Kier alpha value is -2.63. The van der Waals surface area contributed by atoms with Crippen molar-refractivity contribution in [3.63, 3.8) is 0 Å². The molecular weight excluding hydrogens is 294 g/mol. The standard InChI is InChI=1S/C17H21N3O3/c1-3-5-12-20-16(21)11-10-15(19-20)17(22)18-13-6-8-14(9-7-13)23-4-2/h6-11H,3-5,12H2,1-2H3,(H,18,22). The number of hydrogen-bond donors (Lipinski definition) is 1. The van der Waals surface area contributed by atoms with E-state index in [2.05, 4.69) is 10.4 Å². The van der Waals surface area contributed by atoms with Crippen molar-refractivity contribution >= 4 is 11.6 Å². The van der Waals surface area contributed by atoms with Gasteiger partial charge in [-0.15, -0.1) is 0 Å². The molecule has 0 bridgehead atoms. The number of nitrogens with zero attached hydrogens (tertiary/aromatic N) is 2. The number of unbranched alkanes of at least 4 members (excludes halogenated alkanes) is 1. The molecule has 1 amide bonds. The Morgan fingerprint density at radius 1 is 1.17 bits per heavy atom. The molecule has 2 rings (SSSR count). The van der Waals surface area contributed by atoms with Crippen LogP contribution in [0.4, 0.5) is 5.69 Å². The van der Waals surface area contributed by atoms with Gasteiger partial charge in [0.15, 0.2) is 0 Å². The zero-order valence-corrected chi connectivity index (χ0v) is 13.4. The third-order valence-corrected chi connectivity index (χ3v) is 3.25. The molecule has 6 heteroatoms. The van der Waals surface area contributed by atoms with Crippen LogP contribution in [0.5, 0.6) is 5.75 Å². The van der Waals surface area contributed by atoms with Gasteiger partial charge in [-0.2, -0.15) is 5.10 Å². The molecule has 1 heterocycles. The predicted octanol–water partition coefficient (Wildman–Crippen LogP) is 2.69. The van der Waals surface area contributed by atoms with Gasteiger partial charge in [-0.3, -0.25) is 9.59 Å². The van der Waals surface area contributed by atoms with E-state index in [1.807, 2.05) is 13.8 Å². The van der Waals surface area contributed by atoms with E-state index in [0.29, 0.717) is 18.8 Å². The third-order valence-electron chi connectivity index (χ3n) is 3.25. The lowest BCUT2D eigenvalue weighted by Crippen LogP contribution is -2.26. The average molecular weight is 315 g/mol. The zero-order chi connectivity index (χ0) is 16.7. The van der Waals surface area contributed by atoms with Crippen molar-refractivity contribution in [3.05, 3.63) is 52.4 Å². The van der Waals surface area contributed by atoms with Gasteiger partial charge in [0.1, 0.15) is 11.4 Å². The quantitative estimate of drug-likeness (QED) is 0.852. The number of ether oxygens (including phenoxy) is 1. The molecule has 0 aliphatic carbocycles. The molecule has 6 nitrogen and oxygen atoms in total. The first-order valence-corrected chi connectivity index (χ1v) is 7.76. The van der Waals surface area contributed by atoms with Crippen molar-refractivity contribution in [3.8, 4) is 5.75 Å². The summed E-state index contributed by atoms with van der Waals surface area (Å²) >= 11 is 0. The van der Waals surface area contributed by atoms with Crippen molar-refractivity contribution in [2.75, 3.05) is 11.9 Å². The minimum absolute atomic E-state index is 0.198. The van der Waals surface area contributed by atoms with Crippen molar-refractivity contribution in [2.24, 2.45) is 0 Å².